The van der Waals surface area contributed by atoms with Gasteiger partial charge in [0.15, 0.2) is 0 Å². The largest absolute Gasteiger partial charge is 0.364 e. The normalized spacial score (nSPS) is 10.1. The Labute approximate surface area is 106 Å². The van der Waals surface area contributed by atoms with Gasteiger partial charge in [0.1, 0.15) is 8.64 Å². The molecule has 0 fully saturated rings. The predicted molar refractivity (Wildman–Crippen MR) is 77.2 cm³/mol. The van der Waals surface area contributed by atoms with E-state index in [1.165, 1.54) is 0 Å². The van der Waals surface area contributed by atoms with Crippen molar-refractivity contribution in [1.29, 1.82) is 0 Å². The molecule has 0 aromatic rings. The SMILES string of the molecule is CC(SC(=S)N(C)C)SC(=S)N(C)C. The van der Waals surface area contributed by atoms with Crippen LogP contribution in [-0.2, 0) is 0 Å². The first-order valence-electron chi connectivity index (χ1n) is 4.10. The Morgan fingerprint density at radius 2 is 1.21 bits per heavy atom. The zero-order valence-corrected chi connectivity index (χ0v) is 12.4. The molecule has 0 heterocycles. The molecule has 0 radical (unpaired) electrons. The second kappa shape index (κ2) is 6.87. The van der Waals surface area contributed by atoms with E-state index in [9.17, 15) is 0 Å². The van der Waals surface area contributed by atoms with E-state index in [0.29, 0.717) is 4.58 Å². The average Bonchev–Trinajstić information content (AvgIpc) is 2.03. The van der Waals surface area contributed by atoms with Gasteiger partial charge in [0.2, 0.25) is 0 Å². The van der Waals surface area contributed by atoms with Crippen LogP contribution in [0.15, 0.2) is 0 Å². The minimum atomic E-state index is 0.361. The molecule has 0 atom stereocenters. The smallest absolute Gasteiger partial charge is 0.136 e. The highest BCUT2D eigenvalue weighted by Gasteiger charge is 2.12. The van der Waals surface area contributed by atoms with Gasteiger partial charge in [0.25, 0.3) is 0 Å². The van der Waals surface area contributed by atoms with Gasteiger partial charge in [-0.05, 0) is 6.92 Å². The third-order valence-corrected chi connectivity index (χ3v) is 4.95. The Balaban J connectivity index is 3.93. The number of hydrogen-bond donors (Lipinski definition) is 0. The Bertz CT molecular complexity index is 193. The van der Waals surface area contributed by atoms with Crippen molar-refractivity contribution >= 4 is 56.6 Å². The molecule has 0 aromatic heterocycles. The molecule has 0 saturated heterocycles. The van der Waals surface area contributed by atoms with Crippen LogP contribution in [0.25, 0.3) is 0 Å². The van der Waals surface area contributed by atoms with Crippen LogP contribution in [-0.4, -0.2) is 51.2 Å². The number of thiocarbonyl (C=S) groups is 2. The standard InChI is InChI=1S/C8H16N2S4/c1-6(13-7(11)9(2)3)14-8(12)10(4)5/h6H,1-5H3. The van der Waals surface area contributed by atoms with Gasteiger partial charge in [-0.2, -0.15) is 0 Å². The molecule has 0 aliphatic heterocycles. The molecule has 2 nitrogen and oxygen atoms in total. The van der Waals surface area contributed by atoms with Crippen molar-refractivity contribution in [1.82, 2.24) is 9.80 Å². The van der Waals surface area contributed by atoms with Gasteiger partial charge in [0, 0.05) is 28.2 Å². The monoisotopic (exact) mass is 268 g/mol. The zero-order valence-electron chi connectivity index (χ0n) is 9.10. The molecule has 14 heavy (non-hydrogen) atoms. The van der Waals surface area contributed by atoms with Gasteiger partial charge >= 0.3 is 0 Å². The van der Waals surface area contributed by atoms with Gasteiger partial charge in [-0.3, -0.25) is 0 Å². The lowest BCUT2D eigenvalue weighted by atomic mass is 10.9. The summed E-state index contributed by atoms with van der Waals surface area (Å²) in [6, 6.07) is 0. The number of thioether (sulfide) groups is 2. The maximum atomic E-state index is 5.19. The lowest BCUT2D eigenvalue weighted by Gasteiger charge is -2.19. The summed E-state index contributed by atoms with van der Waals surface area (Å²) >= 11 is 13.7. The number of rotatable bonds is 2. The Morgan fingerprint density at radius 3 is 1.43 bits per heavy atom. The van der Waals surface area contributed by atoms with Crippen molar-refractivity contribution in [2.24, 2.45) is 0 Å². The molecular weight excluding hydrogens is 252 g/mol. The fourth-order valence-electron chi connectivity index (χ4n) is 0.519. The first kappa shape index (κ1) is 14.5. The summed E-state index contributed by atoms with van der Waals surface area (Å²) in [5.41, 5.74) is 0. The highest BCUT2D eigenvalue weighted by atomic mass is 32.2. The summed E-state index contributed by atoms with van der Waals surface area (Å²) in [5, 5.41) is 0. The van der Waals surface area contributed by atoms with Crippen LogP contribution >= 0.6 is 48.0 Å². The third-order valence-electron chi connectivity index (χ3n) is 1.26. The van der Waals surface area contributed by atoms with Crippen molar-refractivity contribution in [2.75, 3.05) is 28.2 Å². The molecule has 0 spiro atoms. The van der Waals surface area contributed by atoms with E-state index in [2.05, 4.69) is 6.92 Å². The lowest BCUT2D eigenvalue weighted by molar-refractivity contribution is 0.647. The van der Waals surface area contributed by atoms with Gasteiger partial charge in [-0.1, -0.05) is 48.0 Å². The van der Waals surface area contributed by atoms with Crippen LogP contribution < -0.4 is 0 Å². The summed E-state index contributed by atoms with van der Waals surface area (Å²) in [5.74, 6) is 0. The molecule has 0 saturated carbocycles. The quantitative estimate of drug-likeness (QED) is 0.557. The molecule has 0 bridgehead atoms. The van der Waals surface area contributed by atoms with Gasteiger partial charge < -0.3 is 9.80 Å². The molecule has 0 aliphatic rings. The Morgan fingerprint density at radius 1 is 0.929 bits per heavy atom. The zero-order chi connectivity index (χ0) is 11.3. The van der Waals surface area contributed by atoms with Gasteiger partial charge in [-0.15, -0.1) is 0 Å². The second-order valence-electron chi connectivity index (χ2n) is 3.12. The maximum absolute atomic E-state index is 5.19. The van der Waals surface area contributed by atoms with E-state index in [4.69, 9.17) is 24.4 Å². The fourth-order valence-corrected chi connectivity index (χ4v) is 3.48. The summed E-state index contributed by atoms with van der Waals surface area (Å²) < 4.78 is 2.15. The summed E-state index contributed by atoms with van der Waals surface area (Å²) in [7, 11) is 7.82. The van der Waals surface area contributed by atoms with Gasteiger partial charge in [-0.25, -0.2) is 0 Å². The van der Waals surface area contributed by atoms with E-state index < -0.39 is 0 Å². The molecule has 0 aromatic carbocycles. The van der Waals surface area contributed by atoms with Crippen LogP contribution in [0.1, 0.15) is 6.92 Å². The highest BCUT2D eigenvalue weighted by molar-refractivity contribution is 8.36. The molecule has 82 valence electrons. The first-order chi connectivity index (χ1) is 6.34. The molecule has 0 aliphatic carbocycles. The van der Waals surface area contributed by atoms with E-state index in [-0.39, 0.29) is 0 Å². The van der Waals surface area contributed by atoms with E-state index in [1.807, 2.05) is 38.0 Å². The van der Waals surface area contributed by atoms with Crippen molar-refractivity contribution in [3.8, 4) is 0 Å². The van der Waals surface area contributed by atoms with E-state index in [1.54, 1.807) is 23.5 Å². The van der Waals surface area contributed by atoms with Crippen molar-refractivity contribution < 1.29 is 0 Å². The molecular formula is C8H16N2S4. The number of hydrogen-bond acceptors (Lipinski definition) is 4. The second-order valence-corrected chi connectivity index (χ2v) is 7.37. The first-order valence-corrected chi connectivity index (χ1v) is 6.68. The van der Waals surface area contributed by atoms with Crippen molar-refractivity contribution in [2.45, 2.75) is 11.5 Å². The molecule has 0 amide bonds. The fraction of sp³-hybridized carbons (Fsp3) is 0.750. The summed E-state index contributed by atoms with van der Waals surface area (Å²) in [6.07, 6.45) is 0. The van der Waals surface area contributed by atoms with E-state index in [0.717, 1.165) is 8.64 Å². The molecule has 0 unspecified atom stereocenters. The Kier molecular flexibility index (Phi) is 7.11. The van der Waals surface area contributed by atoms with Crippen LogP contribution in [0, 0.1) is 0 Å². The Hall–Kier alpha value is 0.480. The molecule has 0 N–H and O–H groups in total. The maximum Gasteiger partial charge on any atom is 0.136 e. The highest BCUT2D eigenvalue weighted by Crippen LogP contribution is 2.26. The minimum absolute atomic E-state index is 0.361. The molecule has 0 rings (SSSR count). The van der Waals surface area contributed by atoms with E-state index >= 15 is 0 Å². The van der Waals surface area contributed by atoms with Crippen LogP contribution in [0.4, 0.5) is 0 Å². The average molecular weight is 268 g/mol. The topological polar surface area (TPSA) is 6.48 Å². The summed E-state index contributed by atoms with van der Waals surface area (Å²) in [4.78, 5) is 3.88. The molecule has 6 heteroatoms. The predicted octanol–water partition coefficient (Wildman–Crippen LogP) is 2.49. The summed E-state index contributed by atoms with van der Waals surface area (Å²) in [6.45, 7) is 2.11. The number of nitrogens with zero attached hydrogens (tertiary/aromatic N) is 2. The van der Waals surface area contributed by atoms with Crippen molar-refractivity contribution in [3.05, 3.63) is 0 Å². The lowest BCUT2D eigenvalue weighted by Crippen LogP contribution is -2.21. The third kappa shape index (κ3) is 6.06. The van der Waals surface area contributed by atoms with Crippen LogP contribution in [0.5, 0.6) is 0 Å². The van der Waals surface area contributed by atoms with Crippen molar-refractivity contribution in [3.63, 3.8) is 0 Å². The van der Waals surface area contributed by atoms with Crippen LogP contribution in [0.2, 0.25) is 0 Å². The minimum Gasteiger partial charge on any atom is -0.364 e. The van der Waals surface area contributed by atoms with Crippen LogP contribution in [0.3, 0.4) is 0 Å². The van der Waals surface area contributed by atoms with Gasteiger partial charge in [0.05, 0.1) is 4.58 Å².